The van der Waals surface area contributed by atoms with Gasteiger partial charge in [-0.25, -0.2) is 9.59 Å². The second kappa shape index (κ2) is 23.5. The molecular weight excluding hydrogens is 284 g/mol. The third kappa shape index (κ3) is 45.7. The molecule has 0 radical (unpaired) electrons. The lowest BCUT2D eigenvalue weighted by Crippen LogP contribution is -2.21. The summed E-state index contributed by atoms with van der Waals surface area (Å²) >= 11 is 0. The maximum Gasteiger partial charge on any atom is 0.404 e. The van der Waals surface area contributed by atoms with Crippen LogP contribution >= 0.6 is 0 Å². The van der Waals surface area contributed by atoms with Crippen molar-refractivity contribution in [1.82, 2.24) is 10.6 Å². The van der Waals surface area contributed by atoms with Crippen molar-refractivity contribution in [2.45, 2.75) is 25.7 Å². The molecule has 0 heterocycles. The average molecular weight is 312 g/mol. The Morgan fingerprint density at radius 1 is 0.810 bits per heavy atom. The van der Waals surface area contributed by atoms with Gasteiger partial charge in [-0.15, -0.1) is 0 Å². The van der Waals surface area contributed by atoms with Crippen molar-refractivity contribution in [2.24, 2.45) is 0 Å². The summed E-state index contributed by atoms with van der Waals surface area (Å²) in [6.45, 7) is 1.11. The van der Waals surface area contributed by atoms with E-state index in [4.69, 9.17) is 20.4 Å². The largest absolute Gasteiger partial charge is 0.465 e. The second-order valence-corrected chi connectivity index (χ2v) is 3.73. The first-order valence-corrected chi connectivity index (χ1v) is 6.51. The van der Waals surface area contributed by atoms with Crippen LogP contribution in [0.3, 0.4) is 0 Å². The minimum absolute atomic E-state index is 0.126. The van der Waals surface area contributed by atoms with Crippen molar-refractivity contribution in [2.75, 3.05) is 40.5 Å². The highest BCUT2D eigenvalue weighted by molar-refractivity contribution is 5.64. The quantitative estimate of drug-likeness (QED) is 0.353. The topological polar surface area (TPSA) is 148 Å². The van der Waals surface area contributed by atoms with Crippen LogP contribution in [0.2, 0.25) is 0 Å². The van der Waals surface area contributed by atoms with Crippen molar-refractivity contribution in [3.8, 4) is 0 Å². The highest BCUT2D eigenvalue weighted by atomic mass is 16.4. The van der Waals surface area contributed by atoms with E-state index in [1.165, 1.54) is 0 Å². The van der Waals surface area contributed by atoms with Crippen molar-refractivity contribution < 1.29 is 34.8 Å². The van der Waals surface area contributed by atoms with Gasteiger partial charge in [0, 0.05) is 40.5 Å². The predicted molar refractivity (Wildman–Crippen MR) is 77.6 cm³/mol. The maximum absolute atomic E-state index is 9.79. The number of aliphatic hydroxyl groups excluding tert-OH is 2. The van der Waals surface area contributed by atoms with Crippen LogP contribution in [0.15, 0.2) is 0 Å². The zero-order valence-corrected chi connectivity index (χ0v) is 12.7. The first-order valence-electron chi connectivity index (χ1n) is 6.51. The standard InChI is InChI=1S/2C5H11NO3.C2H6O/c2*7-4-2-1-3-6-5(8)9;1-3-2/h2*6-7H,1-4H2,(H,8,9);1-2H3. The van der Waals surface area contributed by atoms with E-state index in [2.05, 4.69) is 15.4 Å². The Bertz CT molecular complexity index is 206. The predicted octanol–water partition coefficient (Wildman–Crippen LogP) is 0.316. The van der Waals surface area contributed by atoms with Gasteiger partial charge in [-0.3, -0.25) is 0 Å². The Morgan fingerprint density at radius 2 is 1.10 bits per heavy atom. The monoisotopic (exact) mass is 312 g/mol. The molecular formula is C12H28N2O7. The van der Waals surface area contributed by atoms with Crippen molar-refractivity contribution in [1.29, 1.82) is 0 Å². The van der Waals surface area contributed by atoms with Gasteiger partial charge in [0.25, 0.3) is 0 Å². The lowest BCUT2D eigenvalue weighted by molar-refractivity contribution is 0.192. The van der Waals surface area contributed by atoms with Gasteiger partial charge in [0.2, 0.25) is 0 Å². The second-order valence-electron chi connectivity index (χ2n) is 3.73. The fourth-order valence-corrected chi connectivity index (χ4v) is 0.864. The van der Waals surface area contributed by atoms with Crippen molar-refractivity contribution in [3.63, 3.8) is 0 Å². The molecule has 0 saturated carbocycles. The number of rotatable bonds is 8. The van der Waals surface area contributed by atoms with Gasteiger partial charge in [0.15, 0.2) is 0 Å². The molecule has 9 heteroatoms. The fourth-order valence-electron chi connectivity index (χ4n) is 0.864. The van der Waals surface area contributed by atoms with Gasteiger partial charge in [0.1, 0.15) is 0 Å². The summed E-state index contributed by atoms with van der Waals surface area (Å²) in [7, 11) is 3.25. The molecule has 0 bridgehead atoms. The maximum atomic E-state index is 9.79. The number of aliphatic hydroxyl groups is 2. The van der Waals surface area contributed by atoms with Gasteiger partial charge >= 0.3 is 12.2 Å². The van der Waals surface area contributed by atoms with Gasteiger partial charge < -0.3 is 35.8 Å². The van der Waals surface area contributed by atoms with Crippen LogP contribution in [0.1, 0.15) is 25.7 Å². The molecule has 21 heavy (non-hydrogen) atoms. The smallest absolute Gasteiger partial charge is 0.404 e. The summed E-state index contributed by atoms with van der Waals surface area (Å²) in [6, 6.07) is 0. The number of carboxylic acid groups (broad SMARTS) is 2. The molecule has 9 nitrogen and oxygen atoms in total. The van der Waals surface area contributed by atoms with E-state index in [0.29, 0.717) is 38.8 Å². The Balaban J connectivity index is -0.000000260. The van der Waals surface area contributed by atoms with Crippen LogP contribution in [0.5, 0.6) is 0 Å². The number of nitrogens with one attached hydrogen (secondary N) is 2. The zero-order valence-electron chi connectivity index (χ0n) is 12.7. The summed E-state index contributed by atoms with van der Waals surface area (Å²) in [5, 5.41) is 37.0. The highest BCUT2D eigenvalue weighted by Crippen LogP contribution is 1.83. The molecule has 0 saturated heterocycles. The van der Waals surface area contributed by atoms with Crippen LogP contribution in [-0.4, -0.2) is 73.1 Å². The van der Waals surface area contributed by atoms with Gasteiger partial charge in [-0.1, -0.05) is 0 Å². The molecule has 0 aromatic carbocycles. The number of methoxy groups -OCH3 is 1. The minimum Gasteiger partial charge on any atom is -0.465 e. The molecule has 0 aliphatic carbocycles. The number of unbranched alkanes of at least 4 members (excludes halogenated alkanes) is 2. The third-order valence-electron chi connectivity index (χ3n) is 1.72. The SMILES string of the molecule is COC.O=C(O)NCCCCO.O=C(O)NCCCCO. The van der Waals surface area contributed by atoms with Crippen LogP contribution in [0.4, 0.5) is 9.59 Å². The molecule has 0 aliphatic rings. The summed E-state index contributed by atoms with van der Waals surface area (Å²) in [4.78, 5) is 19.6. The van der Waals surface area contributed by atoms with Crippen LogP contribution in [0, 0.1) is 0 Å². The molecule has 0 rings (SSSR count). The first-order chi connectivity index (χ1) is 9.95. The third-order valence-corrected chi connectivity index (χ3v) is 1.72. The first kappa shape index (κ1) is 24.4. The number of amides is 2. The summed E-state index contributed by atoms with van der Waals surface area (Å²) in [6.07, 6.45) is 0.687. The van der Waals surface area contributed by atoms with Crippen LogP contribution in [-0.2, 0) is 4.74 Å². The normalized spacial score (nSPS) is 8.57. The van der Waals surface area contributed by atoms with Crippen LogP contribution < -0.4 is 10.6 Å². The molecule has 128 valence electrons. The fraction of sp³-hybridized carbons (Fsp3) is 0.833. The molecule has 2 amide bonds. The number of hydrogen-bond acceptors (Lipinski definition) is 5. The van der Waals surface area contributed by atoms with E-state index in [0.717, 1.165) is 0 Å². The molecule has 0 spiro atoms. The molecule has 0 unspecified atom stereocenters. The van der Waals surface area contributed by atoms with Gasteiger partial charge in [-0.05, 0) is 25.7 Å². The molecule has 0 fully saturated rings. The average Bonchev–Trinajstić information content (AvgIpc) is 2.41. The Morgan fingerprint density at radius 3 is 1.29 bits per heavy atom. The Labute approximate surface area is 124 Å². The molecule has 0 aliphatic heterocycles. The molecule has 6 N–H and O–H groups in total. The van der Waals surface area contributed by atoms with E-state index in [-0.39, 0.29) is 13.2 Å². The van der Waals surface area contributed by atoms with E-state index < -0.39 is 12.2 Å². The van der Waals surface area contributed by atoms with E-state index >= 15 is 0 Å². The molecule has 0 aromatic rings. The zero-order chi connectivity index (χ0) is 16.9. The van der Waals surface area contributed by atoms with Crippen LogP contribution in [0.25, 0.3) is 0 Å². The highest BCUT2D eigenvalue weighted by Gasteiger charge is 1.91. The number of ether oxygens (including phenoxy) is 1. The van der Waals surface area contributed by atoms with E-state index in [9.17, 15) is 9.59 Å². The lowest BCUT2D eigenvalue weighted by atomic mass is 10.3. The van der Waals surface area contributed by atoms with Crippen molar-refractivity contribution in [3.05, 3.63) is 0 Å². The van der Waals surface area contributed by atoms with Crippen molar-refractivity contribution >= 4 is 12.2 Å². The van der Waals surface area contributed by atoms with E-state index in [1.807, 2.05) is 0 Å². The van der Waals surface area contributed by atoms with Gasteiger partial charge in [-0.2, -0.15) is 0 Å². The summed E-state index contributed by atoms with van der Waals surface area (Å²) in [5.74, 6) is 0. The minimum atomic E-state index is -1.01. The molecule has 0 aromatic heterocycles. The molecule has 0 atom stereocenters. The summed E-state index contributed by atoms with van der Waals surface area (Å²) in [5.41, 5.74) is 0. The number of hydrogen-bond donors (Lipinski definition) is 6. The summed E-state index contributed by atoms with van der Waals surface area (Å²) < 4.78 is 4.25. The Hall–Kier alpha value is -1.58. The lowest BCUT2D eigenvalue weighted by Gasteiger charge is -1.96. The number of carbonyl (C=O) groups is 2. The Kier molecular flexibility index (Phi) is 27.4. The van der Waals surface area contributed by atoms with E-state index in [1.54, 1.807) is 14.2 Å². The van der Waals surface area contributed by atoms with Gasteiger partial charge in [0.05, 0.1) is 0 Å².